The highest BCUT2D eigenvalue weighted by atomic mass is 32.2. The van der Waals surface area contributed by atoms with E-state index in [1.165, 1.54) is 25.7 Å². The number of benzene rings is 1. The zero-order chi connectivity index (χ0) is 14.6. The Morgan fingerprint density at radius 2 is 1.62 bits per heavy atom. The maximum Gasteiger partial charge on any atom is 0.243 e. The van der Waals surface area contributed by atoms with Gasteiger partial charge < -0.3 is 0 Å². The molecule has 3 nitrogen and oxygen atoms in total. The van der Waals surface area contributed by atoms with Crippen molar-refractivity contribution < 1.29 is 8.42 Å². The number of fused-ring (bicyclic) bond motifs is 1. The van der Waals surface area contributed by atoms with Crippen LogP contribution in [-0.4, -0.2) is 25.8 Å². The van der Waals surface area contributed by atoms with Crippen molar-refractivity contribution in [1.29, 1.82) is 0 Å². The van der Waals surface area contributed by atoms with Crippen LogP contribution in [0, 0.1) is 30.6 Å². The second kappa shape index (κ2) is 4.82. The maximum absolute atomic E-state index is 12.9. The normalized spacial score (nSPS) is 35.9. The Morgan fingerprint density at radius 1 is 1.00 bits per heavy atom. The Kier molecular flexibility index (Phi) is 3.16. The molecule has 5 rings (SSSR count). The highest BCUT2D eigenvalue weighted by Crippen LogP contribution is 2.51. The summed E-state index contributed by atoms with van der Waals surface area (Å²) in [5.41, 5.74) is 1.10. The van der Waals surface area contributed by atoms with Gasteiger partial charge >= 0.3 is 0 Å². The van der Waals surface area contributed by atoms with Crippen molar-refractivity contribution in [3.8, 4) is 0 Å². The molecule has 3 saturated carbocycles. The Balaban J connectivity index is 1.61. The van der Waals surface area contributed by atoms with Gasteiger partial charge in [-0.3, -0.25) is 0 Å². The summed E-state index contributed by atoms with van der Waals surface area (Å²) in [5, 5.41) is 0. The lowest BCUT2D eigenvalue weighted by atomic mass is 9.58. The van der Waals surface area contributed by atoms with Crippen molar-refractivity contribution in [3.05, 3.63) is 29.8 Å². The standard InChI is InChI=1S/C17H23NO2S/c1-12-2-5-16(6-3-12)21(19,20)18-10-14-8-13-4-7-17(14)15(9-13)11-18/h2-3,5-6,13-15,17H,4,7-11H2,1H3. The van der Waals surface area contributed by atoms with Crippen molar-refractivity contribution in [2.24, 2.45) is 23.7 Å². The molecule has 0 N–H and O–H groups in total. The number of piperidine rings is 1. The second-order valence-electron chi connectivity index (χ2n) is 7.23. The molecule has 0 amide bonds. The molecule has 4 aliphatic rings. The molecule has 0 spiro atoms. The summed E-state index contributed by atoms with van der Waals surface area (Å²) in [6.07, 6.45) is 5.21. The molecule has 1 aliphatic heterocycles. The van der Waals surface area contributed by atoms with E-state index in [2.05, 4.69) is 0 Å². The number of nitrogens with zero attached hydrogens (tertiary/aromatic N) is 1. The first-order chi connectivity index (χ1) is 10.0. The van der Waals surface area contributed by atoms with Gasteiger partial charge in [0.15, 0.2) is 0 Å². The van der Waals surface area contributed by atoms with Crippen molar-refractivity contribution >= 4 is 10.0 Å². The third-order valence-electron chi connectivity index (χ3n) is 5.93. The average Bonchev–Trinajstić information content (AvgIpc) is 2.47. The van der Waals surface area contributed by atoms with Crippen LogP contribution < -0.4 is 0 Å². The highest BCUT2D eigenvalue weighted by molar-refractivity contribution is 7.89. The largest absolute Gasteiger partial charge is 0.243 e. The fourth-order valence-electron chi connectivity index (χ4n) is 4.90. The molecule has 114 valence electrons. The summed E-state index contributed by atoms with van der Waals surface area (Å²) < 4.78 is 27.5. The molecule has 2 atom stereocenters. The number of sulfonamides is 1. The zero-order valence-corrected chi connectivity index (χ0v) is 13.3. The fourth-order valence-corrected chi connectivity index (χ4v) is 6.45. The Hall–Kier alpha value is -0.870. The average molecular weight is 305 g/mol. The maximum atomic E-state index is 12.9. The van der Waals surface area contributed by atoms with Gasteiger partial charge in [-0.05, 0) is 62.0 Å². The van der Waals surface area contributed by atoms with E-state index in [4.69, 9.17) is 0 Å². The predicted molar refractivity (Wildman–Crippen MR) is 82.4 cm³/mol. The van der Waals surface area contributed by atoms with Crippen LogP contribution in [0.2, 0.25) is 0 Å². The molecular formula is C17H23NO2S. The minimum atomic E-state index is -3.30. The van der Waals surface area contributed by atoms with Crippen LogP contribution >= 0.6 is 0 Å². The smallest absolute Gasteiger partial charge is 0.207 e. The number of rotatable bonds is 2. The van der Waals surface area contributed by atoms with Gasteiger partial charge in [-0.25, -0.2) is 8.42 Å². The Morgan fingerprint density at radius 3 is 2.19 bits per heavy atom. The van der Waals surface area contributed by atoms with Crippen LogP contribution in [0.5, 0.6) is 0 Å². The van der Waals surface area contributed by atoms with E-state index in [1.54, 1.807) is 16.4 Å². The minimum Gasteiger partial charge on any atom is -0.207 e. The number of hydrogen-bond donors (Lipinski definition) is 0. The van der Waals surface area contributed by atoms with Crippen molar-refractivity contribution in [3.63, 3.8) is 0 Å². The molecule has 1 aromatic rings. The summed E-state index contributed by atoms with van der Waals surface area (Å²) in [4.78, 5) is 0.457. The van der Waals surface area contributed by atoms with Crippen LogP contribution in [0.25, 0.3) is 0 Å². The molecule has 4 fully saturated rings. The first-order valence-electron chi connectivity index (χ1n) is 8.11. The third-order valence-corrected chi connectivity index (χ3v) is 7.77. The first kappa shape index (κ1) is 13.8. The molecule has 0 aromatic heterocycles. The summed E-state index contributed by atoms with van der Waals surface area (Å²) >= 11 is 0. The fraction of sp³-hybridized carbons (Fsp3) is 0.647. The molecule has 4 bridgehead atoms. The predicted octanol–water partition coefficient (Wildman–Crippen LogP) is 3.05. The van der Waals surface area contributed by atoms with Crippen LogP contribution in [0.15, 0.2) is 29.2 Å². The van der Waals surface area contributed by atoms with Crippen molar-refractivity contribution in [1.82, 2.24) is 4.31 Å². The second-order valence-corrected chi connectivity index (χ2v) is 9.17. The summed E-state index contributed by atoms with van der Waals surface area (Å²) in [5.74, 6) is 2.88. The van der Waals surface area contributed by atoms with Crippen molar-refractivity contribution in [2.45, 2.75) is 37.5 Å². The van der Waals surface area contributed by atoms with Crippen molar-refractivity contribution in [2.75, 3.05) is 13.1 Å². The SMILES string of the molecule is Cc1ccc(S(=O)(=O)N2CC3CC4CCC3C(C4)C2)cc1. The van der Waals surface area contributed by atoms with Gasteiger partial charge in [-0.1, -0.05) is 24.1 Å². The minimum absolute atomic E-state index is 0.457. The van der Waals surface area contributed by atoms with E-state index in [0.717, 1.165) is 30.5 Å². The van der Waals surface area contributed by atoms with E-state index in [0.29, 0.717) is 16.7 Å². The summed E-state index contributed by atoms with van der Waals surface area (Å²) in [6, 6.07) is 7.28. The molecule has 21 heavy (non-hydrogen) atoms. The van der Waals surface area contributed by atoms with Crippen LogP contribution in [-0.2, 0) is 10.0 Å². The third kappa shape index (κ3) is 2.23. The van der Waals surface area contributed by atoms with Crippen LogP contribution in [0.4, 0.5) is 0 Å². The number of hydrogen-bond acceptors (Lipinski definition) is 2. The number of aryl methyl sites for hydroxylation is 1. The van der Waals surface area contributed by atoms with E-state index in [-0.39, 0.29) is 0 Å². The van der Waals surface area contributed by atoms with E-state index < -0.39 is 10.0 Å². The summed E-state index contributed by atoms with van der Waals surface area (Å²) in [7, 11) is -3.30. The van der Waals surface area contributed by atoms with Gasteiger partial charge in [-0.15, -0.1) is 0 Å². The van der Waals surface area contributed by atoms with E-state index in [9.17, 15) is 8.42 Å². The van der Waals surface area contributed by atoms with Crippen LogP contribution in [0.1, 0.15) is 31.2 Å². The molecule has 4 heteroatoms. The summed E-state index contributed by atoms with van der Waals surface area (Å²) in [6.45, 7) is 3.47. The zero-order valence-electron chi connectivity index (χ0n) is 12.5. The lowest BCUT2D eigenvalue weighted by Crippen LogP contribution is -2.54. The molecule has 2 unspecified atom stereocenters. The molecule has 0 radical (unpaired) electrons. The van der Waals surface area contributed by atoms with Gasteiger partial charge in [0.25, 0.3) is 0 Å². The van der Waals surface area contributed by atoms with E-state index >= 15 is 0 Å². The first-order valence-corrected chi connectivity index (χ1v) is 9.55. The quantitative estimate of drug-likeness (QED) is 0.842. The Labute approximate surface area is 127 Å². The molecule has 1 heterocycles. The van der Waals surface area contributed by atoms with Crippen LogP contribution in [0.3, 0.4) is 0 Å². The molecule has 3 aliphatic carbocycles. The molecular weight excluding hydrogens is 282 g/mol. The van der Waals surface area contributed by atoms with Gasteiger partial charge in [0.2, 0.25) is 10.0 Å². The Bertz CT molecular complexity index is 621. The van der Waals surface area contributed by atoms with Gasteiger partial charge in [-0.2, -0.15) is 4.31 Å². The molecule has 1 saturated heterocycles. The van der Waals surface area contributed by atoms with Gasteiger partial charge in [0.1, 0.15) is 0 Å². The van der Waals surface area contributed by atoms with E-state index in [1.807, 2.05) is 19.1 Å². The topological polar surface area (TPSA) is 37.4 Å². The monoisotopic (exact) mass is 305 g/mol. The molecule has 1 aromatic carbocycles. The lowest BCUT2D eigenvalue weighted by Gasteiger charge is -2.53. The van der Waals surface area contributed by atoms with Gasteiger partial charge in [0.05, 0.1) is 4.90 Å². The lowest BCUT2D eigenvalue weighted by molar-refractivity contribution is -0.0166. The van der Waals surface area contributed by atoms with Gasteiger partial charge in [0, 0.05) is 13.1 Å². The highest BCUT2D eigenvalue weighted by Gasteiger charge is 2.48.